The molecule has 0 radical (unpaired) electrons. The summed E-state index contributed by atoms with van der Waals surface area (Å²) in [5, 5.41) is 8.53. The van der Waals surface area contributed by atoms with E-state index in [-0.39, 0.29) is 30.6 Å². The highest BCUT2D eigenvalue weighted by Gasteiger charge is 2.27. The van der Waals surface area contributed by atoms with Crippen molar-refractivity contribution in [3.63, 3.8) is 0 Å². The summed E-state index contributed by atoms with van der Waals surface area (Å²) >= 11 is 5.88. The Bertz CT molecular complexity index is 655. The summed E-state index contributed by atoms with van der Waals surface area (Å²) in [6.45, 7) is 3.50. The number of carbonyl (C=O) groups is 2. The van der Waals surface area contributed by atoms with Crippen LogP contribution >= 0.6 is 11.6 Å². The first-order valence-corrected chi connectivity index (χ1v) is 7.48. The average Bonchev–Trinajstić information content (AvgIpc) is 2.54. The molecule has 1 fully saturated rings. The van der Waals surface area contributed by atoms with Crippen molar-refractivity contribution in [1.82, 2.24) is 10.9 Å². The molecule has 0 bridgehead atoms. The minimum atomic E-state index is -0.528. The molecule has 1 atom stereocenters. The molecule has 2 rings (SSSR count). The number of amidine groups is 1. The maximum Gasteiger partial charge on any atom is 0.354 e. The first-order chi connectivity index (χ1) is 11.0. The molecule has 0 spiro atoms. The van der Waals surface area contributed by atoms with Crippen LogP contribution < -0.4 is 10.9 Å². The molecule has 1 heterocycles. The Morgan fingerprint density at radius 2 is 2.04 bits per heavy atom. The van der Waals surface area contributed by atoms with Gasteiger partial charge in [-0.05, 0) is 31.5 Å². The third kappa shape index (κ3) is 4.53. The van der Waals surface area contributed by atoms with Crippen LogP contribution in [0.15, 0.2) is 34.5 Å². The van der Waals surface area contributed by atoms with Crippen molar-refractivity contribution in [1.29, 1.82) is 0 Å². The maximum absolute atomic E-state index is 11.6. The maximum atomic E-state index is 11.6. The summed E-state index contributed by atoms with van der Waals surface area (Å²) in [5.41, 5.74) is 6.21. The summed E-state index contributed by atoms with van der Waals surface area (Å²) in [6.07, 6.45) is 0.224. The van der Waals surface area contributed by atoms with Gasteiger partial charge in [-0.25, -0.2) is 4.79 Å². The monoisotopic (exact) mass is 336 g/mol. The first kappa shape index (κ1) is 17.0. The highest BCUT2D eigenvalue weighted by atomic mass is 35.5. The zero-order chi connectivity index (χ0) is 16.8. The van der Waals surface area contributed by atoms with Gasteiger partial charge in [-0.2, -0.15) is 0 Å². The lowest BCUT2D eigenvalue weighted by atomic mass is 9.93. The van der Waals surface area contributed by atoms with Crippen molar-refractivity contribution in [2.45, 2.75) is 26.2 Å². The molecule has 0 aromatic heterocycles. The van der Waals surface area contributed by atoms with Crippen LogP contribution in [0.2, 0.25) is 5.02 Å². The number of hydrogen-bond acceptors (Lipinski definition) is 5. The Hall–Kier alpha value is -2.41. The fourth-order valence-corrected chi connectivity index (χ4v) is 2.15. The quantitative estimate of drug-likeness (QED) is 0.498. The number of hydrogen-bond donors (Lipinski definition) is 2. The third-order valence-corrected chi connectivity index (χ3v) is 3.45. The van der Waals surface area contributed by atoms with E-state index in [1.165, 1.54) is 6.92 Å². The molecular formula is C15H17ClN4O3. The van der Waals surface area contributed by atoms with Crippen molar-refractivity contribution in [2.75, 3.05) is 6.61 Å². The van der Waals surface area contributed by atoms with E-state index in [9.17, 15) is 9.59 Å². The Morgan fingerprint density at radius 3 is 2.70 bits per heavy atom. The highest BCUT2D eigenvalue weighted by molar-refractivity contribution is 6.35. The molecular weight excluding hydrogens is 320 g/mol. The van der Waals surface area contributed by atoms with Crippen LogP contribution in [0.3, 0.4) is 0 Å². The van der Waals surface area contributed by atoms with Gasteiger partial charge >= 0.3 is 5.97 Å². The standard InChI is InChI=1S/C15H17ClN4O3/c1-3-23-15(22)9(2)17-19-14-12(8-13(21)18-20-14)10-4-6-11(16)7-5-10/h4-7,12H,3,8H2,1-2H3,(H,18,21)(H,19,20)/b17-9+. The molecule has 122 valence electrons. The number of hydrazine groups is 1. The number of carbonyl (C=O) groups excluding carboxylic acids is 2. The molecule has 7 nitrogen and oxygen atoms in total. The summed E-state index contributed by atoms with van der Waals surface area (Å²) in [6, 6.07) is 7.14. The lowest BCUT2D eigenvalue weighted by Gasteiger charge is -2.25. The molecule has 0 saturated carbocycles. The van der Waals surface area contributed by atoms with E-state index in [1.54, 1.807) is 19.1 Å². The van der Waals surface area contributed by atoms with E-state index in [0.29, 0.717) is 10.9 Å². The lowest BCUT2D eigenvalue weighted by molar-refractivity contribution is -0.135. The van der Waals surface area contributed by atoms with E-state index in [2.05, 4.69) is 21.1 Å². The van der Waals surface area contributed by atoms with Gasteiger partial charge in [0.15, 0.2) is 5.84 Å². The average molecular weight is 337 g/mol. The van der Waals surface area contributed by atoms with Gasteiger partial charge in [-0.1, -0.05) is 23.7 Å². The molecule has 1 unspecified atom stereocenters. The summed E-state index contributed by atoms with van der Waals surface area (Å²) < 4.78 is 4.84. The number of rotatable bonds is 4. The van der Waals surface area contributed by atoms with E-state index < -0.39 is 5.97 Å². The predicted octanol–water partition coefficient (Wildman–Crippen LogP) is 1.79. The van der Waals surface area contributed by atoms with E-state index in [1.807, 2.05) is 12.1 Å². The van der Waals surface area contributed by atoms with E-state index in [0.717, 1.165) is 5.56 Å². The predicted molar refractivity (Wildman–Crippen MR) is 87.3 cm³/mol. The van der Waals surface area contributed by atoms with Crippen LogP contribution in [0.25, 0.3) is 0 Å². The smallest absolute Gasteiger partial charge is 0.354 e. The molecule has 1 amide bonds. The fraction of sp³-hybridized carbons (Fsp3) is 0.333. The zero-order valence-electron chi connectivity index (χ0n) is 12.8. The van der Waals surface area contributed by atoms with E-state index >= 15 is 0 Å². The minimum absolute atomic E-state index is 0.132. The highest BCUT2D eigenvalue weighted by Crippen LogP contribution is 2.24. The SMILES string of the molecule is CCOC(=O)/C(C)=N/N=C1/NNC(=O)CC1c1ccc(Cl)cc1. The van der Waals surface area contributed by atoms with Crippen LogP contribution in [-0.2, 0) is 14.3 Å². The van der Waals surface area contributed by atoms with Crippen molar-refractivity contribution < 1.29 is 14.3 Å². The van der Waals surface area contributed by atoms with Gasteiger partial charge < -0.3 is 4.74 Å². The molecule has 1 aliphatic heterocycles. The van der Waals surface area contributed by atoms with Crippen LogP contribution in [0, 0.1) is 0 Å². The van der Waals surface area contributed by atoms with Crippen LogP contribution in [0.4, 0.5) is 0 Å². The van der Waals surface area contributed by atoms with Gasteiger partial charge in [0.05, 0.1) is 12.5 Å². The molecule has 23 heavy (non-hydrogen) atoms. The second-order valence-corrected chi connectivity index (χ2v) is 5.31. The second-order valence-electron chi connectivity index (χ2n) is 4.87. The summed E-state index contributed by atoms with van der Waals surface area (Å²) in [5.74, 6) is -0.537. The number of benzene rings is 1. The van der Waals surface area contributed by atoms with Gasteiger partial charge in [-0.15, -0.1) is 10.2 Å². The Kier molecular flexibility index (Phi) is 5.70. The zero-order valence-corrected chi connectivity index (χ0v) is 13.6. The topological polar surface area (TPSA) is 92.2 Å². The fourth-order valence-electron chi connectivity index (χ4n) is 2.02. The largest absolute Gasteiger partial charge is 0.461 e. The van der Waals surface area contributed by atoms with Crippen LogP contribution in [0.1, 0.15) is 31.7 Å². The summed E-state index contributed by atoms with van der Waals surface area (Å²) in [7, 11) is 0. The van der Waals surface area contributed by atoms with Gasteiger partial charge in [0.1, 0.15) is 5.71 Å². The van der Waals surface area contributed by atoms with E-state index in [4.69, 9.17) is 16.3 Å². The normalized spacial score (nSPS) is 20.0. The summed E-state index contributed by atoms with van der Waals surface area (Å²) in [4.78, 5) is 23.2. The Balaban J connectivity index is 2.25. The number of amides is 1. The molecule has 1 aromatic carbocycles. The van der Waals surface area contributed by atoms with Crippen molar-refractivity contribution in [2.24, 2.45) is 10.2 Å². The van der Waals surface area contributed by atoms with Crippen LogP contribution in [0.5, 0.6) is 0 Å². The van der Waals surface area contributed by atoms with Gasteiger partial charge in [0.2, 0.25) is 5.91 Å². The third-order valence-electron chi connectivity index (χ3n) is 3.20. The molecule has 1 saturated heterocycles. The van der Waals surface area contributed by atoms with Crippen molar-refractivity contribution in [3.8, 4) is 0 Å². The number of nitrogens with zero attached hydrogens (tertiary/aromatic N) is 2. The number of nitrogens with one attached hydrogen (secondary N) is 2. The molecule has 1 aromatic rings. The number of ether oxygens (including phenoxy) is 1. The lowest BCUT2D eigenvalue weighted by Crippen LogP contribution is -2.50. The van der Waals surface area contributed by atoms with Crippen LogP contribution in [-0.4, -0.2) is 30.0 Å². The van der Waals surface area contributed by atoms with Gasteiger partial charge in [0.25, 0.3) is 0 Å². The Morgan fingerprint density at radius 1 is 1.35 bits per heavy atom. The molecule has 0 aliphatic carbocycles. The van der Waals surface area contributed by atoms with Gasteiger partial charge in [0, 0.05) is 11.4 Å². The van der Waals surface area contributed by atoms with Gasteiger partial charge in [-0.3, -0.25) is 15.6 Å². The van der Waals surface area contributed by atoms with Crippen molar-refractivity contribution in [3.05, 3.63) is 34.9 Å². The van der Waals surface area contributed by atoms with Crippen molar-refractivity contribution >= 4 is 35.0 Å². The minimum Gasteiger partial charge on any atom is -0.461 e. The second kappa shape index (κ2) is 7.73. The number of esters is 1. The molecule has 1 aliphatic rings. The Labute approximate surface area is 138 Å². The number of halogens is 1. The molecule has 2 N–H and O–H groups in total. The molecule has 8 heteroatoms. The first-order valence-electron chi connectivity index (χ1n) is 7.10.